The fourth-order valence-corrected chi connectivity index (χ4v) is 5.65. The molecule has 3 heterocycles. The molecule has 4 rings (SSSR count). The molecular formula is C27H28N4O3S. The lowest BCUT2D eigenvalue weighted by atomic mass is 9.96. The summed E-state index contributed by atoms with van der Waals surface area (Å²) in [6, 6.07) is 13.8. The number of pyridine rings is 1. The SMILES string of the molecule is COc1ccccc1[C@@H](C)CC(=O)Nc1sc2c(c1C#N)CCN(C(=O)CCc1ccncc1)C2. The lowest BCUT2D eigenvalue weighted by molar-refractivity contribution is -0.132. The minimum Gasteiger partial charge on any atom is -0.496 e. The minimum absolute atomic E-state index is 0.0419. The smallest absolute Gasteiger partial charge is 0.225 e. The normalized spacial score (nSPS) is 13.5. The molecule has 2 amide bonds. The third-order valence-corrected chi connectivity index (χ3v) is 7.44. The molecule has 0 fully saturated rings. The first kappa shape index (κ1) is 24.4. The highest BCUT2D eigenvalue weighted by atomic mass is 32.1. The first-order chi connectivity index (χ1) is 17.0. The lowest BCUT2D eigenvalue weighted by Gasteiger charge is -2.27. The monoisotopic (exact) mass is 488 g/mol. The number of aromatic nitrogens is 1. The van der Waals surface area contributed by atoms with Crippen molar-refractivity contribution < 1.29 is 14.3 Å². The van der Waals surface area contributed by atoms with Crippen molar-refractivity contribution in [2.45, 2.75) is 45.1 Å². The molecule has 0 unspecified atom stereocenters. The highest BCUT2D eigenvalue weighted by Gasteiger charge is 2.27. The predicted molar refractivity (Wildman–Crippen MR) is 135 cm³/mol. The Bertz CT molecular complexity index is 1250. The van der Waals surface area contributed by atoms with Gasteiger partial charge in [-0.2, -0.15) is 5.26 Å². The number of hydrogen-bond donors (Lipinski definition) is 1. The Morgan fingerprint density at radius 2 is 2.03 bits per heavy atom. The number of aryl methyl sites for hydroxylation is 1. The number of nitrogens with one attached hydrogen (secondary N) is 1. The number of hydrogen-bond acceptors (Lipinski definition) is 6. The molecular weight excluding hydrogens is 460 g/mol. The largest absolute Gasteiger partial charge is 0.496 e. The summed E-state index contributed by atoms with van der Waals surface area (Å²) in [6.45, 7) is 3.03. The van der Waals surface area contributed by atoms with Crippen LogP contribution in [-0.2, 0) is 29.0 Å². The second kappa shape index (κ2) is 11.2. The van der Waals surface area contributed by atoms with Gasteiger partial charge in [0.05, 0.1) is 19.2 Å². The molecule has 0 bridgehead atoms. The number of rotatable bonds is 8. The number of amides is 2. The summed E-state index contributed by atoms with van der Waals surface area (Å²) in [5, 5.41) is 13.3. The van der Waals surface area contributed by atoms with Crippen LogP contribution in [-0.4, -0.2) is 35.4 Å². The Kier molecular flexibility index (Phi) is 7.78. The Morgan fingerprint density at radius 3 is 2.77 bits per heavy atom. The number of para-hydroxylation sites is 1. The van der Waals surface area contributed by atoms with Crippen LogP contribution in [0.2, 0.25) is 0 Å². The maximum Gasteiger partial charge on any atom is 0.225 e. The average molecular weight is 489 g/mol. The molecule has 0 saturated heterocycles. The van der Waals surface area contributed by atoms with E-state index in [0.29, 0.717) is 42.9 Å². The van der Waals surface area contributed by atoms with Gasteiger partial charge < -0.3 is 15.0 Å². The number of nitriles is 1. The van der Waals surface area contributed by atoms with E-state index < -0.39 is 0 Å². The molecule has 8 heteroatoms. The molecule has 3 aromatic rings. The average Bonchev–Trinajstić information content (AvgIpc) is 3.23. The number of ether oxygens (including phenoxy) is 1. The van der Waals surface area contributed by atoms with Crippen LogP contribution in [0.25, 0.3) is 0 Å². The first-order valence-electron chi connectivity index (χ1n) is 11.6. The summed E-state index contributed by atoms with van der Waals surface area (Å²) in [7, 11) is 1.62. The third kappa shape index (κ3) is 5.69. The van der Waals surface area contributed by atoms with Gasteiger partial charge in [0.1, 0.15) is 16.8 Å². The highest BCUT2D eigenvalue weighted by Crippen LogP contribution is 2.37. The molecule has 0 radical (unpaired) electrons. The van der Waals surface area contributed by atoms with E-state index in [1.54, 1.807) is 19.5 Å². The van der Waals surface area contributed by atoms with E-state index in [2.05, 4.69) is 16.4 Å². The molecule has 2 aromatic heterocycles. The van der Waals surface area contributed by atoms with Crippen LogP contribution >= 0.6 is 11.3 Å². The highest BCUT2D eigenvalue weighted by molar-refractivity contribution is 7.16. The first-order valence-corrected chi connectivity index (χ1v) is 12.5. The van der Waals surface area contributed by atoms with Crippen molar-refractivity contribution in [2.24, 2.45) is 0 Å². The van der Waals surface area contributed by atoms with Gasteiger partial charge in [-0.05, 0) is 53.6 Å². The van der Waals surface area contributed by atoms with Gasteiger partial charge in [0.25, 0.3) is 0 Å². The number of methoxy groups -OCH3 is 1. The van der Waals surface area contributed by atoms with Crippen molar-refractivity contribution in [1.29, 1.82) is 5.26 Å². The molecule has 0 saturated carbocycles. The van der Waals surface area contributed by atoms with Crippen molar-refractivity contribution in [1.82, 2.24) is 9.88 Å². The van der Waals surface area contributed by atoms with Crippen molar-refractivity contribution in [3.05, 3.63) is 75.9 Å². The Balaban J connectivity index is 1.40. The van der Waals surface area contributed by atoms with Gasteiger partial charge in [0, 0.05) is 36.7 Å². The molecule has 1 atom stereocenters. The minimum atomic E-state index is -0.149. The topological polar surface area (TPSA) is 95.3 Å². The van der Waals surface area contributed by atoms with Crippen LogP contribution < -0.4 is 10.1 Å². The molecule has 0 spiro atoms. The number of carbonyl (C=O) groups excluding carboxylic acids is 2. The molecule has 1 N–H and O–H groups in total. The lowest BCUT2D eigenvalue weighted by Crippen LogP contribution is -2.35. The molecule has 1 aliphatic heterocycles. The van der Waals surface area contributed by atoms with Crippen LogP contribution in [0.4, 0.5) is 5.00 Å². The number of nitrogens with zero attached hydrogens (tertiary/aromatic N) is 3. The zero-order valence-electron chi connectivity index (χ0n) is 19.9. The van der Waals surface area contributed by atoms with E-state index in [1.807, 2.05) is 48.2 Å². The standard InChI is InChI=1S/C27H28N4O3S/c1-18(20-5-3-4-6-23(20)34-2)15-25(32)30-27-22(16-28)21-11-14-31(17-24(21)35-27)26(33)8-7-19-9-12-29-13-10-19/h3-6,9-10,12-13,18H,7-8,11,14-15,17H2,1-2H3,(H,30,32)/t18-/m0/s1. The summed E-state index contributed by atoms with van der Waals surface area (Å²) >= 11 is 1.40. The van der Waals surface area contributed by atoms with Gasteiger partial charge in [-0.15, -0.1) is 11.3 Å². The summed E-state index contributed by atoms with van der Waals surface area (Å²) in [5.41, 5.74) is 3.52. The van der Waals surface area contributed by atoms with Crippen molar-refractivity contribution in [2.75, 3.05) is 19.0 Å². The van der Waals surface area contributed by atoms with Gasteiger partial charge in [-0.25, -0.2) is 0 Å². The van der Waals surface area contributed by atoms with Gasteiger partial charge in [-0.3, -0.25) is 14.6 Å². The molecule has 35 heavy (non-hydrogen) atoms. The van der Waals surface area contributed by atoms with E-state index in [1.165, 1.54) is 11.3 Å². The Labute approximate surface area is 209 Å². The summed E-state index contributed by atoms with van der Waals surface area (Å²) in [4.78, 5) is 32.5. The van der Waals surface area contributed by atoms with Crippen LogP contribution in [0.1, 0.15) is 52.8 Å². The number of carbonyl (C=O) groups is 2. The molecule has 7 nitrogen and oxygen atoms in total. The second-order valence-electron chi connectivity index (χ2n) is 8.64. The van der Waals surface area contributed by atoms with Gasteiger partial charge in [-0.1, -0.05) is 25.1 Å². The van der Waals surface area contributed by atoms with Gasteiger partial charge in [0.15, 0.2) is 0 Å². The maximum absolute atomic E-state index is 12.8. The molecule has 1 aliphatic rings. The fraction of sp³-hybridized carbons (Fsp3) is 0.333. The second-order valence-corrected chi connectivity index (χ2v) is 9.74. The third-order valence-electron chi connectivity index (χ3n) is 6.31. The van der Waals surface area contributed by atoms with Gasteiger partial charge in [0.2, 0.25) is 11.8 Å². The fourth-order valence-electron chi connectivity index (χ4n) is 4.42. The molecule has 1 aromatic carbocycles. The van der Waals surface area contributed by atoms with E-state index >= 15 is 0 Å². The van der Waals surface area contributed by atoms with Crippen molar-refractivity contribution >= 4 is 28.2 Å². The molecule has 180 valence electrons. The van der Waals surface area contributed by atoms with Crippen LogP contribution in [0.3, 0.4) is 0 Å². The van der Waals surface area contributed by atoms with Crippen LogP contribution in [0, 0.1) is 11.3 Å². The Morgan fingerprint density at radius 1 is 1.26 bits per heavy atom. The van der Waals surface area contributed by atoms with Gasteiger partial charge >= 0.3 is 0 Å². The van der Waals surface area contributed by atoms with Crippen molar-refractivity contribution in [3.63, 3.8) is 0 Å². The zero-order valence-corrected chi connectivity index (χ0v) is 20.7. The maximum atomic E-state index is 12.8. The number of fused-ring (bicyclic) bond motifs is 1. The van der Waals surface area contributed by atoms with Crippen LogP contribution in [0.15, 0.2) is 48.8 Å². The summed E-state index contributed by atoms with van der Waals surface area (Å²) in [6.07, 6.45) is 5.45. The molecule has 0 aliphatic carbocycles. The zero-order chi connectivity index (χ0) is 24.8. The summed E-state index contributed by atoms with van der Waals surface area (Å²) in [5.74, 6) is 0.657. The number of benzene rings is 1. The summed E-state index contributed by atoms with van der Waals surface area (Å²) < 4.78 is 5.42. The van der Waals surface area contributed by atoms with Crippen LogP contribution in [0.5, 0.6) is 5.75 Å². The van der Waals surface area contributed by atoms with E-state index in [0.717, 1.165) is 27.3 Å². The van der Waals surface area contributed by atoms with Crippen molar-refractivity contribution in [3.8, 4) is 11.8 Å². The predicted octanol–water partition coefficient (Wildman–Crippen LogP) is 4.67. The van der Waals surface area contributed by atoms with E-state index in [4.69, 9.17) is 4.74 Å². The number of thiophene rings is 1. The quantitative estimate of drug-likeness (QED) is 0.497. The number of anilines is 1. The Hall–Kier alpha value is -3.70. The van der Waals surface area contributed by atoms with E-state index in [9.17, 15) is 14.9 Å². The van der Waals surface area contributed by atoms with E-state index in [-0.39, 0.29) is 24.2 Å².